The summed E-state index contributed by atoms with van der Waals surface area (Å²) in [6, 6.07) is 2.08. The third-order valence-electron chi connectivity index (χ3n) is 2.37. The molecule has 0 radical (unpaired) electrons. The fourth-order valence-corrected chi connectivity index (χ4v) is 2.41. The second kappa shape index (κ2) is 5.42. The van der Waals surface area contributed by atoms with Gasteiger partial charge in [0.05, 0.1) is 11.9 Å². The molecule has 2 rings (SSSR count). The molecule has 0 saturated heterocycles. The summed E-state index contributed by atoms with van der Waals surface area (Å²) in [7, 11) is 4.06. The number of fused-ring (bicyclic) bond motifs is 1. The van der Waals surface area contributed by atoms with Crippen molar-refractivity contribution in [3.63, 3.8) is 0 Å². The smallest absolute Gasteiger partial charge is 0.146 e. The number of nitrogens with one attached hydrogen (secondary N) is 1. The third kappa shape index (κ3) is 2.92. The van der Waals surface area contributed by atoms with Crippen LogP contribution in [0.3, 0.4) is 0 Å². The van der Waals surface area contributed by atoms with Gasteiger partial charge in [0.1, 0.15) is 16.5 Å². The monoisotopic (exact) mass is 250 g/mol. The first-order chi connectivity index (χ1) is 8.20. The molecule has 0 fully saturated rings. The van der Waals surface area contributed by atoms with Crippen molar-refractivity contribution in [2.75, 3.05) is 26.0 Å². The molecular weight excluding hydrogens is 232 g/mol. The van der Waals surface area contributed by atoms with Gasteiger partial charge < -0.3 is 10.2 Å². The lowest BCUT2D eigenvalue weighted by molar-refractivity contribution is 0.391. The number of hydrogen-bond donors (Lipinski definition) is 1. The van der Waals surface area contributed by atoms with E-state index in [0.717, 1.165) is 41.4 Å². The maximum Gasteiger partial charge on any atom is 0.146 e. The molecule has 92 valence electrons. The minimum atomic E-state index is 0.772. The second-order valence-corrected chi connectivity index (χ2v) is 5.19. The average molecular weight is 250 g/mol. The lowest BCUT2D eigenvalue weighted by Gasteiger charge is -2.11. The molecule has 0 aliphatic heterocycles. The molecule has 2 heterocycles. The van der Waals surface area contributed by atoms with Gasteiger partial charge in [-0.2, -0.15) is 0 Å². The highest BCUT2D eigenvalue weighted by Crippen LogP contribution is 2.25. The Morgan fingerprint density at radius 3 is 2.88 bits per heavy atom. The molecule has 5 heteroatoms. The lowest BCUT2D eigenvalue weighted by Crippen LogP contribution is -2.14. The molecule has 2 aromatic rings. The molecule has 0 bridgehead atoms. The maximum absolute atomic E-state index is 4.59. The highest BCUT2D eigenvalue weighted by molar-refractivity contribution is 7.16. The molecule has 4 nitrogen and oxygen atoms in total. The van der Waals surface area contributed by atoms with Crippen LogP contribution in [0.2, 0.25) is 0 Å². The Hall–Kier alpha value is -1.20. The minimum Gasteiger partial charge on any atom is -0.369 e. The van der Waals surface area contributed by atoms with Gasteiger partial charge in [-0.15, -0.1) is 11.3 Å². The van der Waals surface area contributed by atoms with E-state index in [1.807, 2.05) is 14.1 Å². The van der Waals surface area contributed by atoms with Gasteiger partial charge in [-0.05, 0) is 32.0 Å². The quantitative estimate of drug-likeness (QED) is 0.885. The Labute approximate surface area is 106 Å². The van der Waals surface area contributed by atoms with Gasteiger partial charge in [0.15, 0.2) is 0 Å². The van der Waals surface area contributed by atoms with Crippen LogP contribution >= 0.6 is 11.3 Å². The van der Waals surface area contributed by atoms with Crippen LogP contribution in [0.4, 0.5) is 5.82 Å². The summed E-state index contributed by atoms with van der Waals surface area (Å²) < 4.78 is 0. The molecule has 0 amide bonds. The van der Waals surface area contributed by atoms with Crippen LogP contribution in [0.25, 0.3) is 10.2 Å². The normalized spacial score (nSPS) is 11.3. The van der Waals surface area contributed by atoms with Crippen molar-refractivity contribution >= 4 is 27.4 Å². The summed E-state index contributed by atoms with van der Waals surface area (Å²) in [5.41, 5.74) is 0. The van der Waals surface area contributed by atoms with Crippen molar-refractivity contribution in [2.24, 2.45) is 0 Å². The molecular formula is C12H18N4S. The Kier molecular flexibility index (Phi) is 3.91. The molecule has 1 N–H and O–H groups in total. The highest BCUT2D eigenvalue weighted by Gasteiger charge is 2.08. The first kappa shape index (κ1) is 12.3. The molecule has 0 atom stereocenters. The van der Waals surface area contributed by atoms with Crippen LogP contribution in [-0.2, 0) is 6.54 Å². The van der Waals surface area contributed by atoms with Crippen LogP contribution in [0.1, 0.15) is 19.2 Å². The molecule has 0 spiro atoms. The van der Waals surface area contributed by atoms with E-state index in [1.165, 1.54) is 0 Å². The zero-order valence-electron chi connectivity index (χ0n) is 10.5. The average Bonchev–Trinajstić information content (AvgIpc) is 2.72. The topological polar surface area (TPSA) is 41.1 Å². The predicted octanol–water partition coefficient (Wildman–Crippen LogP) is 2.57. The molecule has 0 aliphatic carbocycles. The molecule has 0 aliphatic rings. The molecule has 17 heavy (non-hydrogen) atoms. The number of hydrogen-bond acceptors (Lipinski definition) is 5. The van der Waals surface area contributed by atoms with Gasteiger partial charge in [-0.25, -0.2) is 9.97 Å². The van der Waals surface area contributed by atoms with Crippen LogP contribution in [0.15, 0.2) is 11.4 Å². The summed E-state index contributed by atoms with van der Waals surface area (Å²) in [6.07, 6.45) is 1.10. The lowest BCUT2D eigenvalue weighted by atomic mass is 10.3. The Bertz CT molecular complexity index is 492. The number of nitrogens with zero attached hydrogens (tertiary/aromatic N) is 3. The first-order valence-corrected chi connectivity index (χ1v) is 6.71. The van der Waals surface area contributed by atoms with Gasteiger partial charge >= 0.3 is 0 Å². The molecule has 0 unspecified atom stereocenters. The van der Waals surface area contributed by atoms with Crippen LogP contribution in [0, 0.1) is 0 Å². The van der Waals surface area contributed by atoms with E-state index in [-0.39, 0.29) is 0 Å². The fourth-order valence-electron chi connectivity index (χ4n) is 1.63. The summed E-state index contributed by atoms with van der Waals surface area (Å²) in [5, 5.41) is 6.57. The van der Waals surface area contributed by atoms with E-state index >= 15 is 0 Å². The van der Waals surface area contributed by atoms with E-state index in [9.17, 15) is 0 Å². The van der Waals surface area contributed by atoms with Gasteiger partial charge in [0.2, 0.25) is 0 Å². The van der Waals surface area contributed by atoms with Crippen LogP contribution in [-0.4, -0.2) is 35.5 Å². The number of rotatable bonds is 5. The first-order valence-electron chi connectivity index (χ1n) is 5.83. The summed E-state index contributed by atoms with van der Waals surface area (Å²) in [5.74, 6) is 1.85. The molecule has 0 aromatic carbocycles. The molecule has 2 aromatic heterocycles. The van der Waals surface area contributed by atoms with Crippen molar-refractivity contribution < 1.29 is 0 Å². The van der Waals surface area contributed by atoms with E-state index in [2.05, 4.69) is 38.6 Å². The van der Waals surface area contributed by atoms with Crippen LogP contribution < -0.4 is 5.32 Å². The standard InChI is InChI=1S/C12H18N4S/c1-4-6-13-11-9-5-7-17-12(9)15-10(14-11)8-16(2)3/h5,7H,4,6,8H2,1-3H3,(H,13,14,15). The zero-order valence-corrected chi connectivity index (χ0v) is 11.3. The second-order valence-electron chi connectivity index (χ2n) is 4.29. The van der Waals surface area contributed by atoms with Crippen molar-refractivity contribution in [3.05, 3.63) is 17.3 Å². The molecule has 0 saturated carbocycles. The van der Waals surface area contributed by atoms with Crippen molar-refractivity contribution in [1.29, 1.82) is 0 Å². The third-order valence-corrected chi connectivity index (χ3v) is 3.18. The Morgan fingerprint density at radius 1 is 1.35 bits per heavy atom. The SMILES string of the molecule is CCCNc1nc(CN(C)C)nc2sccc12. The number of thiophene rings is 1. The maximum atomic E-state index is 4.59. The number of anilines is 1. The zero-order chi connectivity index (χ0) is 12.3. The van der Waals surface area contributed by atoms with Gasteiger partial charge in [-0.3, -0.25) is 0 Å². The Balaban J connectivity index is 2.36. The van der Waals surface area contributed by atoms with E-state index < -0.39 is 0 Å². The summed E-state index contributed by atoms with van der Waals surface area (Å²) in [6.45, 7) is 3.87. The predicted molar refractivity (Wildman–Crippen MR) is 73.6 cm³/mol. The fraction of sp³-hybridized carbons (Fsp3) is 0.500. The van der Waals surface area contributed by atoms with Gasteiger partial charge in [0.25, 0.3) is 0 Å². The van der Waals surface area contributed by atoms with Gasteiger partial charge in [-0.1, -0.05) is 6.92 Å². The van der Waals surface area contributed by atoms with E-state index in [1.54, 1.807) is 11.3 Å². The largest absolute Gasteiger partial charge is 0.369 e. The van der Waals surface area contributed by atoms with Crippen LogP contribution in [0.5, 0.6) is 0 Å². The van der Waals surface area contributed by atoms with E-state index in [0.29, 0.717) is 0 Å². The van der Waals surface area contributed by atoms with Crippen molar-refractivity contribution in [2.45, 2.75) is 19.9 Å². The minimum absolute atomic E-state index is 0.772. The van der Waals surface area contributed by atoms with Crippen molar-refractivity contribution in [3.8, 4) is 0 Å². The summed E-state index contributed by atoms with van der Waals surface area (Å²) >= 11 is 1.67. The van der Waals surface area contributed by atoms with Crippen molar-refractivity contribution in [1.82, 2.24) is 14.9 Å². The highest BCUT2D eigenvalue weighted by atomic mass is 32.1. The Morgan fingerprint density at radius 2 is 2.18 bits per heavy atom. The summed E-state index contributed by atoms with van der Waals surface area (Å²) in [4.78, 5) is 12.3. The van der Waals surface area contributed by atoms with Gasteiger partial charge in [0, 0.05) is 6.54 Å². The van der Waals surface area contributed by atoms with E-state index in [4.69, 9.17) is 0 Å². The number of aromatic nitrogens is 2.